The van der Waals surface area contributed by atoms with E-state index in [-0.39, 0.29) is 35.4 Å². The van der Waals surface area contributed by atoms with Gasteiger partial charge in [-0.05, 0) is 30.5 Å². The molecule has 5 rings (SSSR count). The summed E-state index contributed by atoms with van der Waals surface area (Å²) in [5.41, 5.74) is -0.839. The lowest BCUT2D eigenvalue weighted by atomic mass is 9.83. The van der Waals surface area contributed by atoms with E-state index in [1.54, 1.807) is 23.1 Å². The van der Waals surface area contributed by atoms with Crippen molar-refractivity contribution in [1.82, 2.24) is 19.2 Å². The molecule has 35 heavy (non-hydrogen) atoms. The van der Waals surface area contributed by atoms with Crippen LogP contribution in [0, 0.1) is 16.0 Å². The predicted molar refractivity (Wildman–Crippen MR) is 124 cm³/mol. The largest absolute Gasteiger partial charge is 0.493 e. The highest BCUT2D eigenvalue weighted by molar-refractivity contribution is 5.89. The maximum absolute atomic E-state index is 13.2. The summed E-state index contributed by atoms with van der Waals surface area (Å²) < 4.78 is 13.3. The van der Waals surface area contributed by atoms with Gasteiger partial charge in [0.1, 0.15) is 6.54 Å². The van der Waals surface area contributed by atoms with Crippen molar-refractivity contribution in [1.29, 1.82) is 0 Å². The quantitative estimate of drug-likeness (QED) is 0.390. The Kier molecular flexibility index (Phi) is 5.50. The van der Waals surface area contributed by atoms with Crippen molar-refractivity contribution in [2.75, 3.05) is 27.3 Å². The number of piperidine rings is 1. The van der Waals surface area contributed by atoms with E-state index in [4.69, 9.17) is 9.47 Å². The molecule has 3 aromatic rings. The van der Waals surface area contributed by atoms with Crippen molar-refractivity contribution < 1.29 is 19.2 Å². The molecule has 2 aliphatic rings. The number of nitro groups is 1. The molecule has 2 bridgehead atoms. The lowest BCUT2D eigenvalue weighted by molar-refractivity contribution is -0.386. The Morgan fingerprint density at radius 2 is 1.91 bits per heavy atom. The average Bonchev–Trinajstić information content (AvgIpc) is 2.85. The number of methoxy groups -OCH3 is 2. The number of aromatic nitrogens is 3. The third-order valence-corrected chi connectivity index (χ3v) is 6.78. The van der Waals surface area contributed by atoms with Crippen molar-refractivity contribution in [3.63, 3.8) is 0 Å². The van der Waals surface area contributed by atoms with Crippen molar-refractivity contribution in [3.8, 4) is 11.5 Å². The second-order valence-electron chi connectivity index (χ2n) is 8.79. The van der Waals surface area contributed by atoms with Gasteiger partial charge in [0.25, 0.3) is 5.56 Å². The van der Waals surface area contributed by atoms with Crippen LogP contribution in [0.15, 0.2) is 40.1 Å². The normalized spacial score (nSPS) is 18.7. The van der Waals surface area contributed by atoms with Crippen LogP contribution in [0.2, 0.25) is 0 Å². The van der Waals surface area contributed by atoms with E-state index in [0.29, 0.717) is 36.5 Å². The number of nitrogens with zero attached hydrogens (tertiary/aromatic N) is 5. The molecule has 12 nitrogen and oxygen atoms in total. The molecule has 0 unspecified atom stereocenters. The molecule has 0 saturated carbocycles. The summed E-state index contributed by atoms with van der Waals surface area (Å²) in [6.07, 6.45) is 2.29. The molecule has 2 atom stereocenters. The fourth-order valence-electron chi connectivity index (χ4n) is 5.20. The summed E-state index contributed by atoms with van der Waals surface area (Å²) in [5.74, 6) is 0.274. The summed E-state index contributed by atoms with van der Waals surface area (Å²) >= 11 is 0. The van der Waals surface area contributed by atoms with Gasteiger partial charge in [-0.3, -0.25) is 24.5 Å². The molecule has 1 amide bonds. The van der Waals surface area contributed by atoms with Crippen LogP contribution in [0.5, 0.6) is 11.5 Å². The number of ether oxygens (including phenoxy) is 2. The van der Waals surface area contributed by atoms with Crippen molar-refractivity contribution in [3.05, 3.63) is 67.0 Å². The number of hydrogen-bond acceptors (Lipinski definition) is 8. The highest BCUT2D eigenvalue weighted by atomic mass is 16.6. The van der Waals surface area contributed by atoms with Crippen LogP contribution < -0.4 is 20.6 Å². The molecule has 2 aliphatic heterocycles. The molecule has 4 heterocycles. The summed E-state index contributed by atoms with van der Waals surface area (Å²) in [4.78, 5) is 51.1. The molecule has 182 valence electrons. The van der Waals surface area contributed by atoms with E-state index >= 15 is 0 Å². The standard InChI is InChI=1S/C23H23N5O7/c1-34-18-6-3-14-8-24-27(23(31)20(14)21(18)35-2)12-19(29)25-9-13-7-15(11-25)16-4-5-17(28(32)33)22(30)26(16)10-13/h3-6,8,13,15H,7,9-12H2,1-2H3/t13-,15+/m0/s1. The highest BCUT2D eigenvalue weighted by Crippen LogP contribution is 2.36. The molecule has 0 radical (unpaired) electrons. The number of carbonyl (C=O) groups is 1. The van der Waals surface area contributed by atoms with Gasteiger partial charge < -0.3 is 18.9 Å². The molecular weight excluding hydrogens is 458 g/mol. The zero-order valence-electron chi connectivity index (χ0n) is 19.2. The molecule has 12 heteroatoms. The van der Waals surface area contributed by atoms with Gasteiger partial charge >= 0.3 is 11.2 Å². The van der Waals surface area contributed by atoms with Gasteiger partial charge in [0, 0.05) is 42.7 Å². The Labute approximate surface area is 198 Å². The first-order chi connectivity index (χ1) is 16.8. The van der Waals surface area contributed by atoms with Crippen molar-refractivity contribution >= 4 is 22.4 Å². The van der Waals surface area contributed by atoms with E-state index in [1.165, 1.54) is 31.0 Å². The van der Waals surface area contributed by atoms with Gasteiger partial charge in [-0.2, -0.15) is 5.10 Å². The number of likely N-dealkylation sites (tertiary alicyclic amines) is 1. The van der Waals surface area contributed by atoms with Gasteiger partial charge in [0.15, 0.2) is 11.5 Å². The third kappa shape index (κ3) is 3.70. The SMILES string of the molecule is COc1ccc2cnn(CC(=O)N3C[C@@H]4C[C@H](C3)c3ccc([N+](=O)[O-])c(=O)n3C4)c(=O)c2c1OC. The molecular formula is C23H23N5O7. The molecule has 0 spiro atoms. The molecule has 1 aromatic carbocycles. The first-order valence-electron chi connectivity index (χ1n) is 11.1. The maximum Gasteiger partial charge on any atom is 0.334 e. The van der Waals surface area contributed by atoms with E-state index in [2.05, 4.69) is 5.10 Å². The zero-order chi connectivity index (χ0) is 24.9. The fourth-order valence-corrected chi connectivity index (χ4v) is 5.20. The summed E-state index contributed by atoms with van der Waals surface area (Å²) in [7, 11) is 2.92. The van der Waals surface area contributed by atoms with Crippen molar-refractivity contribution in [2.24, 2.45) is 5.92 Å². The smallest absolute Gasteiger partial charge is 0.334 e. The van der Waals surface area contributed by atoms with Gasteiger partial charge in [0.05, 0.1) is 30.7 Å². The Morgan fingerprint density at radius 3 is 2.63 bits per heavy atom. The minimum absolute atomic E-state index is 0.0180. The molecule has 0 aliphatic carbocycles. The van der Waals surface area contributed by atoms with Crippen LogP contribution in [-0.4, -0.2) is 57.4 Å². The number of pyridine rings is 1. The topological polar surface area (TPSA) is 139 Å². The van der Waals surface area contributed by atoms with Crippen LogP contribution in [-0.2, 0) is 17.9 Å². The van der Waals surface area contributed by atoms with Crippen molar-refractivity contribution in [2.45, 2.75) is 25.4 Å². The Hall–Kier alpha value is -4.22. The first-order valence-corrected chi connectivity index (χ1v) is 11.1. The van der Waals surface area contributed by atoms with Gasteiger partial charge in [-0.1, -0.05) is 0 Å². The van der Waals surface area contributed by atoms with E-state index in [9.17, 15) is 24.5 Å². The first kappa shape index (κ1) is 22.6. The highest BCUT2D eigenvalue weighted by Gasteiger charge is 2.37. The summed E-state index contributed by atoms with van der Waals surface area (Å²) in [5, 5.41) is 16.2. The third-order valence-electron chi connectivity index (χ3n) is 6.78. The predicted octanol–water partition coefficient (Wildman–Crippen LogP) is 1.13. The molecule has 1 saturated heterocycles. The lowest BCUT2D eigenvalue weighted by Crippen LogP contribution is -2.50. The second kappa shape index (κ2) is 8.53. The lowest BCUT2D eigenvalue weighted by Gasteiger charge is -2.42. The zero-order valence-corrected chi connectivity index (χ0v) is 19.2. The molecule has 1 fully saturated rings. The maximum atomic E-state index is 13.2. The summed E-state index contributed by atoms with van der Waals surface area (Å²) in [6, 6.07) is 6.22. The van der Waals surface area contributed by atoms with Crippen LogP contribution in [0.3, 0.4) is 0 Å². The van der Waals surface area contributed by atoms with E-state index in [1.807, 2.05) is 0 Å². The second-order valence-corrected chi connectivity index (χ2v) is 8.79. The van der Waals surface area contributed by atoms with Gasteiger partial charge in [-0.15, -0.1) is 0 Å². The van der Waals surface area contributed by atoms with E-state index < -0.39 is 21.7 Å². The van der Waals surface area contributed by atoms with Crippen LogP contribution >= 0.6 is 0 Å². The molecule has 0 N–H and O–H groups in total. The fraction of sp³-hybridized carbons (Fsp3) is 0.391. The van der Waals surface area contributed by atoms with Gasteiger partial charge in [0.2, 0.25) is 5.91 Å². The minimum atomic E-state index is -0.672. The van der Waals surface area contributed by atoms with Gasteiger partial charge in [-0.25, -0.2) is 4.68 Å². The number of carbonyl (C=O) groups excluding carboxylic acids is 1. The van der Waals surface area contributed by atoms with Crippen LogP contribution in [0.4, 0.5) is 5.69 Å². The van der Waals surface area contributed by atoms with Crippen LogP contribution in [0.1, 0.15) is 18.0 Å². The van der Waals surface area contributed by atoms with E-state index in [0.717, 1.165) is 11.1 Å². The minimum Gasteiger partial charge on any atom is -0.493 e. The van der Waals surface area contributed by atoms with Crippen LogP contribution in [0.25, 0.3) is 10.8 Å². The monoisotopic (exact) mass is 481 g/mol. The average molecular weight is 481 g/mol. The number of rotatable bonds is 5. The number of fused-ring (bicyclic) bond motifs is 5. The Morgan fingerprint density at radius 1 is 1.11 bits per heavy atom. The molecule has 2 aromatic heterocycles. The Bertz CT molecular complexity index is 1480. The number of amides is 1. The number of hydrogen-bond donors (Lipinski definition) is 0. The number of benzene rings is 1. The summed E-state index contributed by atoms with van der Waals surface area (Å²) in [6.45, 7) is 0.804. The Balaban J connectivity index is 1.42.